The third kappa shape index (κ3) is 5.56. The summed E-state index contributed by atoms with van der Waals surface area (Å²) < 4.78 is 47.4. The van der Waals surface area contributed by atoms with Gasteiger partial charge in [0.05, 0.1) is 32.1 Å². The summed E-state index contributed by atoms with van der Waals surface area (Å²) in [5.41, 5.74) is 0.503. The molecule has 1 amide bonds. The number of rotatable bonds is 6. The summed E-state index contributed by atoms with van der Waals surface area (Å²) in [5.74, 6) is -2.81. The number of benzene rings is 1. The van der Waals surface area contributed by atoms with Gasteiger partial charge in [0.2, 0.25) is 0 Å². The van der Waals surface area contributed by atoms with Crippen molar-refractivity contribution in [1.29, 1.82) is 0 Å². The summed E-state index contributed by atoms with van der Waals surface area (Å²) in [6, 6.07) is 2.36. The van der Waals surface area contributed by atoms with E-state index in [1.807, 2.05) is 0 Å². The van der Waals surface area contributed by atoms with Crippen molar-refractivity contribution in [2.24, 2.45) is 0 Å². The van der Waals surface area contributed by atoms with Gasteiger partial charge in [-0.1, -0.05) is 5.21 Å². The lowest BCUT2D eigenvalue weighted by Gasteiger charge is -2.37. The molecule has 2 atom stereocenters. The van der Waals surface area contributed by atoms with E-state index in [2.05, 4.69) is 15.6 Å². The van der Waals surface area contributed by atoms with Crippen molar-refractivity contribution in [2.75, 3.05) is 44.8 Å². The highest BCUT2D eigenvalue weighted by Crippen LogP contribution is 2.31. The lowest BCUT2D eigenvalue weighted by molar-refractivity contribution is -0.162. The second kappa shape index (κ2) is 10.6. The predicted molar refractivity (Wildman–Crippen MR) is 127 cm³/mol. The Bertz CT molecular complexity index is 1100. The highest BCUT2D eigenvalue weighted by molar-refractivity contribution is 7.80. The Morgan fingerprint density at radius 1 is 1.25 bits per heavy atom. The Morgan fingerprint density at radius 2 is 1.92 bits per heavy atom. The van der Waals surface area contributed by atoms with Gasteiger partial charge in [-0.05, 0) is 26.1 Å². The molecule has 1 aromatic carbocycles. The number of aliphatic hydroxyl groups is 1. The fourth-order valence-corrected chi connectivity index (χ4v) is 4.31. The van der Waals surface area contributed by atoms with Crippen molar-refractivity contribution in [3.05, 3.63) is 35.7 Å². The van der Waals surface area contributed by atoms with Crippen molar-refractivity contribution < 1.29 is 32.9 Å². The topological polar surface area (TPSA) is 114 Å². The lowest BCUT2D eigenvalue weighted by atomic mass is 10.1. The number of aromatic nitrogens is 3. The van der Waals surface area contributed by atoms with Gasteiger partial charge in [0.25, 0.3) is 11.1 Å². The number of ether oxygens (including phenoxy) is 3. The van der Waals surface area contributed by atoms with Crippen LogP contribution in [-0.4, -0.2) is 94.0 Å². The summed E-state index contributed by atoms with van der Waals surface area (Å²) in [5, 5.41) is 20.4. The van der Waals surface area contributed by atoms with E-state index in [0.717, 1.165) is 0 Å². The summed E-state index contributed by atoms with van der Waals surface area (Å²) in [7, 11) is 1.43. The van der Waals surface area contributed by atoms with Gasteiger partial charge < -0.3 is 34.4 Å². The van der Waals surface area contributed by atoms with E-state index in [1.165, 1.54) is 30.1 Å². The number of aliphatic hydroxyl groups excluding tert-OH is 1. The first-order valence-electron chi connectivity index (χ1n) is 11.3. The van der Waals surface area contributed by atoms with Gasteiger partial charge in [-0.3, -0.25) is 4.79 Å². The summed E-state index contributed by atoms with van der Waals surface area (Å²) >= 11 is 4.90. The standard InChI is InChI=1S/C22H28F2N6O5S/c1-22(2)34-17(12-31)19(35-22)20(32)29-6-4-28(5-7-29)18-15(23)8-14(9-16(18)24)30-11-13(26-27-30)10-25-21(36)33-3/h8-9,11,17,19,31H,4-7,10,12H2,1-3H3,(H,25,36)/t17-,19+/m0/s1. The molecule has 0 bridgehead atoms. The molecule has 2 N–H and O–H groups in total. The minimum atomic E-state index is -0.985. The summed E-state index contributed by atoms with van der Waals surface area (Å²) in [4.78, 5) is 16.1. The van der Waals surface area contributed by atoms with Crippen LogP contribution in [0.25, 0.3) is 5.69 Å². The number of carbonyl (C=O) groups excluding carboxylic acids is 1. The van der Waals surface area contributed by atoms with E-state index in [0.29, 0.717) is 5.69 Å². The van der Waals surface area contributed by atoms with Crippen molar-refractivity contribution in [3.63, 3.8) is 0 Å². The van der Waals surface area contributed by atoms with Crippen molar-refractivity contribution in [2.45, 2.75) is 38.4 Å². The zero-order valence-electron chi connectivity index (χ0n) is 20.1. The molecule has 0 saturated carbocycles. The van der Waals surface area contributed by atoms with Gasteiger partial charge in [0.15, 0.2) is 23.5 Å². The fourth-order valence-electron chi connectivity index (χ4n) is 4.24. The molecule has 4 rings (SSSR count). The molecule has 0 aliphatic carbocycles. The predicted octanol–water partition coefficient (Wildman–Crippen LogP) is 0.727. The molecule has 196 valence electrons. The number of thiocarbonyl (C=S) groups is 1. The minimum absolute atomic E-state index is 0.173. The third-order valence-electron chi connectivity index (χ3n) is 5.92. The summed E-state index contributed by atoms with van der Waals surface area (Å²) in [6.45, 7) is 4.14. The van der Waals surface area contributed by atoms with Gasteiger partial charge in [-0.25, -0.2) is 13.5 Å². The highest BCUT2D eigenvalue weighted by atomic mass is 32.1. The van der Waals surface area contributed by atoms with Gasteiger partial charge in [-0.15, -0.1) is 5.10 Å². The number of hydrogen-bond donors (Lipinski definition) is 2. The zero-order chi connectivity index (χ0) is 26.0. The quantitative estimate of drug-likeness (QED) is 0.522. The number of amides is 1. The molecule has 11 nitrogen and oxygen atoms in total. The van der Waals surface area contributed by atoms with Gasteiger partial charge in [0, 0.05) is 38.3 Å². The van der Waals surface area contributed by atoms with E-state index >= 15 is 8.78 Å². The molecule has 0 spiro atoms. The monoisotopic (exact) mass is 526 g/mol. The Kier molecular flexibility index (Phi) is 7.68. The SMILES string of the molecule is COC(=S)NCc1cn(-c2cc(F)c(N3CCN(C(=O)[C@@H]4OC(C)(C)O[C@H]4CO)CC3)c(F)c2)nn1. The number of piperazine rings is 1. The average molecular weight is 527 g/mol. The van der Waals surface area contributed by atoms with Crippen molar-refractivity contribution in [3.8, 4) is 5.69 Å². The van der Waals surface area contributed by atoms with Crippen molar-refractivity contribution in [1.82, 2.24) is 25.2 Å². The summed E-state index contributed by atoms with van der Waals surface area (Å²) in [6.07, 6.45) is -0.172. The molecular formula is C22H28F2N6O5S. The van der Waals surface area contributed by atoms with Crippen LogP contribution < -0.4 is 10.2 Å². The second-order valence-corrected chi connectivity index (χ2v) is 9.22. The van der Waals surface area contributed by atoms with Crippen LogP contribution in [0, 0.1) is 11.6 Å². The molecule has 3 heterocycles. The molecular weight excluding hydrogens is 498 g/mol. The number of carbonyl (C=O) groups is 1. The molecule has 2 aromatic rings. The molecule has 2 saturated heterocycles. The Labute approximate surface area is 211 Å². The first-order chi connectivity index (χ1) is 17.1. The van der Waals surface area contributed by atoms with Gasteiger partial charge in [0.1, 0.15) is 17.5 Å². The molecule has 2 fully saturated rings. The smallest absolute Gasteiger partial charge is 0.256 e. The molecule has 2 aliphatic rings. The van der Waals surface area contributed by atoms with Crippen molar-refractivity contribution >= 4 is 29.0 Å². The first kappa shape index (κ1) is 26.1. The molecule has 14 heteroatoms. The Balaban J connectivity index is 1.41. The van der Waals surface area contributed by atoms with E-state index in [-0.39, 0.29) is 61.8 Å². The van der Waals surface area contributed by atoms with E-state index < -0.39 is 29.6 Å². The van der Waals surface area contributed by atoms with Crippen LogP contribution in [0.2, 0.25) is 0 Å². The van der Waals surface area contributed by atoms with E-state index in [9.17, 15) is 9.90 Å². The maximum atomic E-state index is 15.0. The first-order valence-corrected chi connectivity index (χ1v) is 11.8. The molecule has 1 aromatic heterocycles. The van der Waals surface area contributed by atoms with Crippen LogP contribution in [0.3, 0.4) is 0 Å². The molecule has 2 aliphatic heterocycles. The Hall–Kier alpha value is -2.94. The normalized spacial score (nSPS) is 21.5. The van der Waals surface area contributed by atoms with Gasteiger partial charge in [-0.2, -0.15) is 0 Å². The van der Waals surface area contributed by atoms with Crippen LogP contribution in [0.1, 0.15) is 19.5 Å². The largest absolute Gasteiger partial charge is 0.474 e. The fraction of sp³-hybridized carbons (Fsp3) is 0.545. The average Bonchev–Trinajstić information content (AvgIpc) is 3.45. The zero-order valence-corrected chi connectivity index (χ0v) is 20.9. The highest BCUT2D eigenvalue weighted by Gasteiger charge is 2.46. The number of halogens is 2. The Morgan fingerprint density at radius 3 is 2.53 bits per heavy atom. The van der Waals surface area contributed by atoms with Crippen LogP contribution in [0.5, 0.6) is 0 Å². The van der Waals surface area contributed by atoms with Crippen LogP contribution >= 0.6 is 12.2 Å². The van der Waals surface area contributed by atoms with Crippen LogP contribution in [0.4, 0.5) is 14.5 Å². The third-order valence-corrected chi connectivity index (χ3v) is 6.23. The lowest BCUT2D eigenvalue weighted by Crippen LogP contribution is -2.53. The number of nitrogens with zero attached hydrogens (tertiary/aromatic N) is 5. The second-order valence-electron chi connectivity index (χ2n) is 8.85. The number of hydrogen-bond acceptors (Lipinski definition) is 9. The molecule has 0 radical (unpaired) electrons. The maximum absolute atomic E-state index is 15.0. The van der Waals surface area contributed by atoms with E-state index in [1.54, 1.807) is 23.6 Å². The maximum Gasteiger partial charge on any atom is 0.256 e. The number of nitrogens with one attached hydrogen (secondary N) is 1. The number of anilines is 1. The van der Waals surface area contributed by atoms with Crippen LogP contribution in [0.15, 0.2) is 18.3 Å². The molecule has 36 heavy (non-hydrogen) atoms. The van der Waals surface area contributed by atoms with E-state index in [4.69, 9.17) is 26.4 Å². The van der Waals surface area contributed by atoms with Crippen LogP contribution in [-0.2, 0) is 25.5 Å². The number of methoxy groups -OCH3 is 1. The molecule has 0 unspecified atom stereocenters. The van der Waals surface area contributed by atoms with Gasteiger partial charge >= 0.3 is 0 Å². The minimum Gasteiger partial charge on any atom is -0.474 e.